The summed E-state index contributed by atoms with van der Waals surface area (Å²) in [7, 11) is 0. The SMILES string of the molecule is C#Cc1cc(C(C)(C)C)cc(C#C)c1-c1cccc2ccccc12. The van der Waals surface area contributed by atoms with E-state index >= 15 is 0 Å². The van der Waals surface area contributed by atoms with E-state index < -0.39 is 0 Å². The topological polar surface area (TPSA) is 0 Å². The highest BCUT2D eigenvalue weighted by molar-refractivity contribution is 5.99. The van der Waals surface area contributed by atoms with Gasteiger partial charge in [0.15, 0.2) is 0 Å². The molecule has 0 saturated carbocycles. The van der Waals surface area contributed by atoms with Gasteiger partial charge in [-0.25, -0.2) is 0 Å². The summed E-state index contributed by atoms with van der Waals surface area (Å²) in [6.45, 7) is 6.50. The molecule has 0 heteroatoms. The maximum Gasteiger partial charge on any atom is 0.0336 e. The zero-order valence-corrected chi connectivity index (χ0v) is 14.4. The molecule has 116 valence electrons. The van der Waals surface area contributed by atoms with Gasteiger partial charge in [-0.1, -0.05) is 75.1 Å². The van der Waals surface area contributed by atoms with Crippen LogP contribution in [0.2, 0.25) is 0 Å². The highest BCUT2D eigenvalue weighted by Gasteiger charge is 2.19. The second-order valence-electron chi connectivity index (χ2n) is 7.01. The molecule has 0 aromatic heterocycles. The molecule has 0 radical (unpaired) electrons. The number of hydrogen-bond donors (Lipinski definition) is 0. The molecule has 0 saturated heterocycles. The Morgan fingerprint density at radius 2 is 1.38 bits per heavy atom. The molecule has 0 spiro atoms. The molecular formula is C24H20. The van der Waals surface area contributed by atoms with Crippen LogP contribution in [0.15, 0.2) is 54.6 Å². The monoisotopic (exact) mass is 308 g/mol. The first-order valence-corrected chi connectivity index (χ1v) is 8.05. The molecule has 0 N–H and O–H groups in total. The van der Waals surface area contributed by atoms with Crippen LogP contribution in [-0.2, 0) is 5.41 Å². The zero-order chi connectivity index (χ0) is 17.3. The van der Waals surface area contributed by atoms with Crippen molar-refractivity contribution in [3.05, 3.63) is 71.3 Å². The lowest BCUT2D eigenvalue weighted by atomic mass is 9.81. The summed E-state index contributed by atoms with van der Waals surface area (Å²) < 4.78 is 0. The van der Waals surface area contributed by atoms with E-state index in [1.165, 1.54) is 5.39 Å². The largest absolute Gasteiger partial charge is 0.115 e. The third-order valence-electron chi connectivity index (χ3n) is 4.37. The Morgan fingerprint density at radius 3 is 1.96 bits per heavy atom. The molecule has 0 atom stereocenters. The van der Waals surface area contributed by atoms with Crippen LogP contribution in [0.1, 0.15) is 37.5 Å². The van der Waals surface area contributed by atoms with Gasteiger partial charge < -0.3 is 0 Å². The van der Waals surface area contributed by atoms with Crippen LogP contribution >= 0.6 is 0 Å². The van der Waals surface area contributed by atoms with Gasteiger partial charge >= 0.3 is 0 Å². The number of benzene rings is 3. The Morgan fingerprint density at radius 1 is 0.792 bits per heavy atom. The second kappa shape index (κ2) is 5.92. The summed E-state index contributed by atoms with van der Waals surface area (Å²) in [5, 5.41) is 2.34. The van der Waals surface area contributed by atoms with Crippen molar-refractivity contribution < 1.29 is 0 Å². The van der Waals surface area contributed by atoms with Crippen molar-refractivity contribution >= 4 is 10.8 Å². The van der Waals surface area contributed by atoms with Gasteiger partial charge in [-0.3, -0.25) is 0 Å². The predicted octanol–water partition coefficient (Wildman–Crippen LogP) is 5.77. The Bertz CT molecular complexity index is 958. The molecular weight excluding hydrogens is 288 g/mol. The predicted molar refractivity (Wildman–Crippen MR) is 104 cm³/mol. The standard InChI is InChI=1S/C24H20/c1-6-17-15-20(24(3,4)5)16-18(7-2)23(17)22-14-10-12-19-11-8-9-13-21(19)22/h1-2,8-16H,3-5H3. The fourth-order valence-corrected chi connectivity index (χ4v) is 3.04. The van der Waals surface area contributed by atoms with Crippen molar-refractivity contribution in [1.29, 1.82) is 0 Å². The van der Waals surface area contributed by atoms with E-state index in [1.54, 1.807) is 0 Å². The van der Waals surface area contributed by atoms with E-state index in [1.807, 2.05) is 12.1 Å². The van der Waals surface area contributed by atoms with E-state index in [0.717, 1.165) is 33.2 Å². The van der Waals surface area contributed by atoms with Gasteiger partial charge in [-0.2, -0.15) is 0 Å². The van der Waals surface area contributed by atoms with Gasteiger partial charge in [-0.15, -0.1) is 12.8 Å². The summed E-state index contributed by atoms with van der Waals surface area (Å²) in [6.07, 6.45) is 11.7. The van der Waals surface area contributed by atoms with Crippen LogP contribution in [0, 0.1) is 24.7 Å². The molecule has 0 heterocycles. The van der Waals surface area contributed by atoms with Crippen molar-refractivity contribution in [3.63, 3.8) is 0 Å². The molecule has 0 nitrogen and oxygen atoms in total. The van der Waals surface area contributed by atoms with E-state index in [0.29, 0.717) is 0 Å². The summed E-state index contributed by atoms with van der Waals surface area (Å²) in [5.41, 5.74) is 4.93. The Balaban J connectivity index is 2.40. The van der Waals surface area contributed by atoms with Crippen LogP contribution in [0.5, 0.6) is 0 Å². The zero-order valence-electron chi connectivity index (χ0n) is 14.4. The Kier molecular flexibility index (Phi) is 3.92. The van der Waals surface area contributed by atoms with Gasteiger partial charge in [-0.05, 0) is 39.4 Å². The molecule has 0 bridgehead atoms. The third kappa shape index (κ3) is 2.68. The van der Waals surface area contributed by atoms with Gasteiger partial charge in [0.25, 0.3) is 0 Å². The lowest BCUT2D eigenvalue weighted by Crippen LogP contribution is -2.12. The average molecular weight is 308 g/mol. The molecule has 0 aliphatic carbocycles. The van der Waals surface area contributed by atoms with Crippen molar-refractivity contribution in [1.82, 2.24) is 0 Å². The number of hydrogen-bond acceptors (Lipinski definition) is 0. The van der Waals surface area contributed by atoms with Crippen LogP contribution < -0.4 is 0 Å². The van der Waals surface area contributed by atoms with E-state index in [4.69, 9.17) is 12.8 Å². The fourth-order valence-electron chi connectivity index (χ4n) is 3.04. The van der Waals surface area contributed by atoms with E-state index in [2.05, 4.69) is 75.1 Å². The smallest absolute Gasteiger partial charge is 0.0336 e. The minimum atomic E-state index is -0.00547. The number of fused-ring (bicyclic) bond motifs is 1. The van der Waals surface area contributed by atoms with Crippen LogP contribution in [0.3, 0.4) is 0 Å². The maximum atomic E-state index is 5.85. The Labute approximate surface area is 144 Å². The molecule has 3 rings (SSSR count). The molecule has 0 aliphatic heterocycles. The highest BCUT2D eigenvalue weighted by Crippen LogP contribution is 2.36. The summed E-state index contributed by atoms with van der Waals surface area (Å²) in [5.74, 6) is 5.70. The second-order valence-corrected chi connectivity index (χ2v) is 7.01. The number of terminal acetylenes is 2. The van der Waals surface area contributed by atoms with Gasteiger partial charge in [0.05, 0.1) is 0 Å². The van der Waals surface area contributed by atoms with Gasteiger partial charge in [0.2, 0.25) is 0 Å². The number of rotatable bonds is 1. The average Bonchev–Trinajstić information content (AvgIpc) is 2.59. The summed E-state index contributed by atoms with van der Waals surface area (Å²) in [6, 6.07) is 18.7. The first-order chi connectivity index (χ1) is 11.5. The first kappa shape index (κ1) is 15.9. The van der Waals surface area contributed by atoms with Crippen molar-refractivity contribution in [3.8, 4) is 35.8 Å². The van der Waals surface area contributed by atoms with Crippen molar-refractivity contribution in [2.45, 2.75) is 26.2 Å². The maximum absolute atomic E-state index is 5.85. The van der Waals surface area contributed by atoms with Crippen molar-refractivity contribution in [2.75, 3.05) is 0 Å². The fraction of sp³-hybridized carbons (Fsp3) is 0.167. The van der Waals surface area contributed by atoms with Crippen LogP contribution in [-0.4, -0.2) is 0 Å². The quantitative estimate of drug-likeness (QED) is 0.501. The summed E-state index contributed by atoms with van der Waals surface area (Å²) >= 11 is 0. The normalized spacial score (nSPS) is 11.0. The molecule has 0 fully saturated rings. The van der Waals surface area contributed by atoms with E-state index in [-0.39, 0.29) is 5.41 Å². The van der Waals surface area contributed by atoms with Crippen LogP contribution in [0.25, 0.3) is 21.9 Å². The van der Waals surface area contributed by atoms with Crippen molar-refractivity contribution in [2.24, 2.45) is 0 Å². The molecule has 0 unspecified atom stereocenters. The lowest BCUT2D eigenvalue weighted by Gasteiger charge is -2.22. The van der Waals surface area contributed by atoms with Gasteiger partial charge in [0.1, 0.15) is 0 Å². The lowest BCUT2D eigenvalue weighted by molar-refractivity contribution is 0.590. The highest BCUT2D eigenvalue weighted by atomic mass is 14.2. The molecule has 24 heavy (non-hydrogen) atoms. The minimum Gasteiger partial charge on any atom is -0.115 e. The van der Waals surface area contributed by atoms with Gasteiger partial charge in [0, 0.05) is 16.7 Å². The van der Waals surface area contributed by atoms with Crippen LogP contribution in [0.4, 0.5) is 0 Å². The Hall–Kier alpha value is -2.96. The minimum absolute atomic E-state index is 0.00547. The molecule has 0 amide bonds. The van der Waals surface area contributed by atoms with E-state index in [9.17, 15) is 0 Å². The molecule has 0 aliphatic rings. The molecule has 3 aromatic rings. The molecule has 3 aromatic carbocycles. The third-order valence-corrected chi connectivity index (χ3v) is 4.37. The summed E-state index contributed by atoms with van der Waals surface area (Å²) in [4.78, 5) is 0. The first-order valence-electron chi connectivity index (χ1n) is 8.05.